The summed E-state index contributed by atoms with van der Waals surface area (Å²) in [6, 6.07) is 13.9. The number of piperidine rings is 1. The fourth-order valence-electron chi connectivity index (χ4n) is 3.03. The molecule has 0 unspecified atom stereocenters. The molecule has 26 heavy (non-hydrogen) atoms. The fourth-order valence-corrected chi connectivity index (χ4v) is 4.09. The number of amides is 1. The molecule has 1 amide bonds. The predicted molar refractivity (Wildman–Crippen MR) is 104 cm³/mol. The predicted octanol–water partition coefficient (Wildman–Crippen LogP) is 4.13. The Morgan fingerprint density at radius 2 is 1.62 bits per heavy atom. The number of nitrogens with zero attached hydrogens (tertiary/aromatic N) is 1. The molecule has 1 aliphatic rings. The van der Waals surface area contributed by atoms with Crippen LogP contribution in [0.25, 0.3) is 0 Å². The molecule has 3 rings (SSSR count). The minimum atomic E-state index is -3.66. The summed E-state index contributed by atoms with van der Waals surface area (Å²) in [6.45, 7) is 4.87. The lowest BCUT2D eigenvalue weighted by Crippen LogP contribution is -2.35. The monoisotopic (exact) mass is 372 g/mol. The van der Waals surface area contributed by atoms with E-state index in [1.165, 1.54) is 0 Å². The number of nitrogens with one attached hydrogen (secondary N) is 1. The molecule has 1 fully saturated rings. The van der Waals surface area contributed by atoms with Crippen molar-refractivity contribution in [2.24, 2.45) is 0 Å². The maximum Gasteiger partial charge on any atom is 0.261 e. The van der Waals surface area contributed by atoms with Crippen molar-refractivity contribution in [3.63, 3.8) is 0 Å². The highest BCUT2D eigenvalue weighted by molar-refractivity contribution is 7.92. The van der Waals surface area contributed by atoms with E-state index >= 15 is 0 Å². The van der Waals surface area contributed by atoms with Gasteiger partial charge >= 0.3 is 0 Å². The van der Waals surface area contributed by atoms with Crippen molar-refractivity contribution in [3.05, 3.63) is 54.1 Å². The number of hydrogen-bond donors (Lipinski definition) is 1. The van der Waals surface area contributed by atoms with Gasteiger partial charge in [-0.3, -0.25) is 9.52 Å². The van der Waals surface area contributed by atoms with E-state index < -0.39 is 10.0 Å². The van der Waals surface area contributed by atoms with Crippen LogP contribution >= 0.6 is 0 Å². The third-order valence-corrected chi connectivity index (χ3v) is 6.01. The van der Waals surface area contributed by atoms with Crippen LogP contribution in [0.5, 0.6) is 0 Å². The van der Waals surface area contributed by atoms with Gasteiger partial charge in [-0.2, -0.15) is 0 Å². The highest BCUT2D eigenvalue weighted by Gasteiger charge is 2.21. The van der Waals surface area contributed by atoms with Gasteiger partial charge in [0.15, 0.2) is 0 Å². The molecular formula is C20H24N2O3S. The second kappa shape index (κ2) is 7.50. The fraction of sp³-hybridized carbons (Fsp3) is 0.350. The number of anilines is 2. The van der Waals surface area contributed by atoms with Gasteiger partial charge < -0.3 is 4.90 Å². The topological polar surface area (TPSA) is 66.5 Å². The first-order valence-electron chi connectivity index (χ1n) is 8.90. The quantitative estimate of drug-likeness (QED) is 0.858. The Morgan fingerprint density at radius 1 is 0.962 bits per heavy atom. The molecule has 0 aromatic heterocycles. The van der Waals surface area contributed by atoms with E-state index in [9.17, 15) is 13.2 Å². The molecule has 1 saturated heterocycles. The number of benzene rings is 2. The van der Waals surface area contributed by atoms with E-state index in [0.29, 0.717) is 24.6 Å². The first-order valence-corrected chi connectivity index (χ1v) is 10.4. The van der Waals surface area contributed by atoms with Gasteiger partial charge in [-0.05, 0) is 60.7 Å². The third kappa shape index (κ3) is 4.07. The van der Waals surface area contributed by atoms with Crippen molar-refractivity contribution in [3.8, 4) is 0 Å². The van der Waals surface area contributed by atoms with Crippen molar-refractivity contribution in [2.45, 2.75) is 43.9 Å². The average molecular weight is 372 g/mol. The minimum Gasteiger partial charge on any atom is -0.312 e. The van der Waals surface area contributed by atoms with E-state index in [0.717, 1.165) is 24.1 Å². The Kier molecular flexibility index (Phi) is 5.32. The van der Waals surface area contributed by atoms with Gasteiger partial charge in [0.1, 0.15) is 0 Å². The molecule has 2 aromatic carbocycles. The van der Waals surface area contributed by atoms with E-state index in [2.05, 4.69) is 18.6 Å². The van der Waals surface area contributed by atoms with Crippen LogP contribution in [0.4, 0.5) is 11.4 Å². The maximum atomic E-state index is 12.6. The SMILES string of the molecule is CC(C)c1ccc(NS(=O)(=O)c2ccc(N3CCCCC3=O)cc2)cc1. The van der Waals surface area contributed by atoms with Crippen molar-refractivity contribution in [1.29, 1.82) is 0 Å². The summed E-state index contributed by atoms with van der Waals surface area (Å²) in [4.78, 5) is 13.9. The molecule has 1 heterocycles. The molecule has 0 aliphatic carbocycles. The summed E-state index contributed by atoms with van der Waals surface area (Å²) in [5.41, 5.74) is 2.43. The molecule has 6 heteroatoms. The third-order valence-electron chi connectivity index (χ3n) is 4.61. The molecule has 138 valence electrons. The Balaban J connectivity index is 1.75. The lowest BCUT2D eigenvalue weighted by Gasteiger charge is -2.26. The zero-order valence-corrected chi connectivity index (χ0v) is 15.9. The smallest absolute Gasteiger partial charge is 0.261 e. The molecule has 1 N–H and O–H groups in total. The summed E-state index contributed by atoms with van der Waals surface area (Å²) < 4.78 is 27.8. The normalized spacial score (nSPS) is 15.3. The van der Waals surface area contributed by atoms with Crippen LogP contribution in [-0.4, -0.2) is 20.9 Å². The number of carbonyl (C=O) groups excluding carboxylic acids is 1. The van der Waals surface area contributed by atoms with Crippen LogP contribution in [0.2, 0.25) is 0 Å². The van der Waals surface area contributed by atoms with Crippen molar-refractivity contribution in [1.82, 2.24) is 0 Å². The first-order chi connectivity index (χ1) is 12.4. The molecule has 0 radical (unpaired) electrons. The van der Waals surface area contributed by atoms with Gasteiger partial charge in [0.05, 0.1) is 4.90 Å². The molecule has 0 saturated carbocycles. The second-order valence-corrected chi connectivity index (χ2v) is 8.56. The second-order valence-electron chi connectivity index (χ2n) is 6.88. The lowest BCUT2D eigenvalue weighted by atomic mass is 10.0. The molecule has 0 spiro atoms. The molecule has 1 aliphatic heterocycles. The Morgan fingerprint density at radius 3 is 2.19 bits per heavy atom. The van der Waals surface area contributed by atoms with Crippen LogP contribution in [-0.2, 0) is 14.8 Å². The van der Waals surface area contributed by atoms with Gasteiger partial charge in [-0.15, -0.1) is 0 Å². The van der Waals surface area contributed by atoms with Gasteiger partial charge in [-0.25, -0.2) is 8.42 Å². The van der Waals surface area contributed by atoms with Crippen molar-refractivity contribution in [2.75, 3.05) is 16.2 Å². The Labute approximate surface area is 155 Å². The van der Waals surface area contributed by atoms with Crippen LogP contribution in [0.3, 0.4) is 0 Å². The summed E-state index contributed by atoms with van der Waals surface area (Å²) >= 11 is 0. The largest absolute Gasteiger partial charge is 0.312 e. The number of hydrogen-bond acceptors (Lipinski definition) is 3. The molecule has 0 atom stereocenters. The summed E-state index contributed by atoms with van der Waals surface area (Å²) in [7, 11) is -3.66. The first kappa shape index (κ1) is 18.5. The van der Waals surface area contributed by atoms with Gasteiger partial charge in [-0.1, -0.05) is 26.0 Å². The zero-order chi connectivity index (χ0) is 18.7. The van der Waals surface area contributed by atoms with Gasteiger partial charge in [0.2, 0.25) is 5.91 Å². The van der Waals surface area contributed by atoms with Crippen LogP contribution in [0.1, 0.15) is 44.6 Å². The average Bonchev–Trinajstić information content (AvgIpc) is 2.62. The molecular weight excluding hydrogens is 348 g/mol. The van der Waals surface area contributed by atoms with Crippen molar-refractivity contribution >= 4 is 27.3 Å². The maximum absolute atomic E-state index is 12.6. The van der Waals surface area contributed by atoms with Gasteiger partial charge in [0.25, 0.3) is 10.0 Å². The van der Waals surface area contributed by atoms with E-state index in [1.54, 1.807) is 41.3 Å². The molecule has 5 nitrogen and oxygen atoms in total. The highest BCUT2D eigenvalue weighted by Crippen LogP contribution is 2.24. The van der Waals surface area contributed by atoms with E-state index in [-0.39, 0.29) is 10.8 Å². The summed E-state index contributed by atoms with van der Waals surface area (Å²) in [6.07, 6.45) is 2.44. The molecule has 2 aromatic rings. The number of sulfonamides is 1. The van der Waals surface area contributed by atoms with Crippen LogP contribution in [0.15, 0.2) is 53.4 Å². The van der Waals surface area contributed by atoms with Gasteiger partial charge in [0, 0.05) is 24.3 Å². The van der Waals surface area contributed by atoms with Crippen LogP contribution in [0, 0.1) is 0 Å². The van der Waals surface area contributed by atoms with Crippen LogP contribution < -0.4 is 9.62 Å². The zero-order valence-electron chi connectivity index (χ0n) is 15.1. The number of carbonyl (C=O) groups is 1. The molecule has 0 bridgehead atoms. The Bertz CT molecular complexity index is 872. The highest BCUT2D eigenvalue weighted by atomic mass is 32.2. The Hall–Kier alpha value is -2.34. The lowest BCUT2D eigenvalue weighted by molar-refractivity contribution is -0.119. The van der Waals surface area contributed by atoms with E-state index in [4.69, 9.17) is 0 Å². The van der Waals surface area contributed by atoms with E-state index in [1.807, 2.05) is 12.1 Å². The van der Waals surface area contributed by atoms with Crippen molar-refractivity contribution < 1.29 is 13.2 Å². The standard InChI is InChI=1S/C20H24N2O3S/c1-15(2)16-6-8-17(9-7-16)21-26(24,25)19-12-10-18(11-13-19)22-14-4-3-5-20(22)23/h6-13,15,21H,3-5,14H2,1-2H3. The summed E-state index contributed by atoms with van der Waals surface area (Å²) in [5, 5.41) is 0. The summed E-state index contributed by atoms with van der Waals surface area (Å²) in [5.74, 6) is 0.487. The number of rotatable bonds is 5. The minimum absolute atomic E-state index is 0.0928.